The highest BCUT2D eigenvalue weighted by Gasteiger charge is 2.22. The van der Waals surface area contributed by atoms with Crippen LogP contribution in [0.3, 0.4) is 0 Å². The predicted molar refractivity (Wildman–Crippen MR) is 81.9 cm³/mol. The van der Waals surface area contributed by atoms with Crippen LogP contribution in [0.15, 0.2) is 18.2 Å². The van der Waals surface area contributed by atoms with Gasteiger partial charge in [0.1, 0.15) is 0 Å². The Morgan fingerprint density at radius 2 is 2.10 bits per heavy atom. The van der Waals surface area contributed by atoms with Gasteiger partial charge in [0.05, 0.1) is 20.6 Å². The molecule has 0 aliphatic carbocycles. The molecule has 0 saturated carbocycles. The Hall–Kier alpha value is -1.75. The first kappa shape index (κ1) is 15.6. The molecule has 1 saturated heterocycles. The first-order valence-corrected chi connectivity index (χ1v) is 7.37. The van der Waals surface area contributed by atoms with E-state index in [1.54, 1.807) is 14.2 Å². The van der Waals surface area contributed by atoms with E-state index in [2.05, 4.69) is 17.6 Å². The lowest BCUT2D eigenvalue weighted by molar-refractivity contribution is -0.121. The van der Waals surface area contributed by atoms with Crippen molar-refractivity contribution in [3.63, 3.8) is 0 Å². The number of rotatable bonds is 5. The zero-order chi connectivity index (χ0) is 15.2. The number of carbonyl (C=O) groups excluding carboxylic acids is 1. The molecule has 1 amide bonds. The van der Waals surface area contributed by atoms with Crippen LogP contribution in [-0.2, 0) is 11.2 Å². The van der Waals surface area contributed by atoms with Crippen LogP contribution >= 0.6 is 0 Å². The van der Waals surface area contributed by atoms with Crippen molar-refractivity contribution in [2.24, 2.45) is 0 Å². The van der Waals surface area contributed by atoms with Crippen LogP contribution in [0.5, 0.6) is 11.5 Å². The molecule has 0 aromatic heterocycles. The lowest BCUT2D eigenvalue weighted by atomic mass is 9.99. The van der Waals surface area contributed by atoms with Gasteiger partial charge < -0.3 is 20.1 Å². The molecule has 2 atom stereocenters. The minimum Gasteiger partial charge on any atom is -0.493 e. The molecule has 1 aromatic carbocycles. The highest BCUT2D eigenvalue weighted by molar-refractivity contribution is 5.79. The van der Waals surface area contributed by atoms with E-state index in [9.17, 15) is 4.79 Å². The van der Waals surface area contributed by atoms with E-state index < -0.39 is 0 Å². The maximum absolute atomic E-state index is 12.2. The number of methoxy groups -OCH3 is 2. The Kier molecular flexibility index (Phi) is 5.44. The Balaban J connectivity index is 1.96. The van der Waals surface area contributed by atoms with Gasteiger partial charge in [0.15, 0.2) is 11.5 Å². The SMILES string of the molecule is COc1ccc(CC(=O)NC2CCCNC2C)cc1OC. The molecule has 5 nitrogen and oxygen atoms in total. The van der Waals surface area contributed by atoms with Crippen molar-refractivity contribution in [3.05, 3.63) is 23.8 Å². The summed E-state index contributed by atoms with van der Waals surface area (Å²) < 4.78 is 10.5. The topological polar surface area (TPSA) is 59.6 Å². The summed E-state index contributed by atoms with van der Waals surface area (Å²) in [4.78, 5) is 12.2. The number of carbonyl (C=O) groups is 1. The van der Waals surface area contributed by atoms with E-state index >= 15 is 0 Å². The highest BCUT2D eigenvalue weighted by atomic mass is 16.5. The summed E-state index contributed by atoms with van der Waals surface area (Å²) in [5, 5.41) is 6.49. The van der Waals surface area contributed by atoms with Gasteiger partial charge in [-0.15, -0.1) is 0 Å². The fraction of sp³-hybridized carbons (Fsp3) is 0.562. The Labute approximate surface area is 126 Å². The molecular weight excluding hydrogens is 268 g/mol. The van der Waals surface area contributed by atoms with Crippen molar-refractivity contribution in [1.82, 2.24) is 10.6 Å². The molecule has 1 fully saturated rings. The quantitative estimate of drug-likeness (QED) is 0.863. The lowest BCUT2D eigenvalue weighted by Gasteiger charge is -2.30. The second-order valence-corrected chi connectivity index (χ2v) is 5.43. The zero-order valence-electron chi connectivity index (χ0n) is 12.9. The first-order valence-electron chi connectivity index (χ1n) is 7.37. The molecule has 2 N–H and O–H groups in total. The minimum atomic E-state index is 0.0442. The molecule has 0 spiro atoms. The Morgan fingerprint density at radius 3 is 2.76 bits per heavy atom. The molecule has 1 heterocycles. The summed E-state index contributed by atoms with van der Waals surface area (Å²) >= 11 is 0. The summed E-state index contributed by atoms with van der Waals surface area (Å²) in [5.74, 6) is 1.37. The normalized spacial score (nSPS) is 21.7. The van der Waals surface area contributed by atoms with E-state index in [1.807, 2.05) is 18.2 Å². The van der Waals surface area contributed by atoms with Gasteiger partial charge >= 0.3 is 0 Å². The fourth-order valence-electron chi connectivity index (χ4n) is 2.67. The van der Waals surface area contributed by atoms with Gasteiger partial charge in [-0.3, -0.25) is 4.79 Å². The number of amides is 1. The maximum atomic E-state index is 12.2. The summed E-state index contributed by atoms with van der Waals surface area (Å²) in [6, 6.07) is 6.11. The van der Waals surface area contributed by atoms with Crippen molar-refractivity contribution in [3.8, 4) is 11.5 Å². The van der Waals surface area contributed by atoms with Crippen molar-refractivity contribution >= 4 is 5.91 Å². The van der Waals surface area contributed by atoms with Gasteiger partial charge in [-0.2, -0.15) is 0 Å². The average molecular weight is 292 g/mol. The van der Waals surface area contributed by atoms with Crippen molar-refractivity contribution in [2.75, 3.05) is 20.8 Å². The van der Waals surface area contributed by atoms with Crippen LogP contribution in [0.4, 0.5) is 0 Å². The number of piperidine rings is 1. The summed E-state index contributed by atoms with van der Waals surface area (Å²) in [7, 11) is 3.19. The van der Waals surface area contributed by atoms with E-state index in [1.165, 1.54) is 0 Å². The molecule has 0 radical (unpaired) electrons. The van der Waals surface area contributed by atoms with Gasteiger partial charge in [0, 0.05) is 12.1 Å². The predicted octanol–water partition coefficient (Wildman–Crippen LogP) is 1.50. The summed E-state index contributed by atoms with van der Waals surface area (Å²) in [6.07, 6.45) is 2.49. The molecular formula is C16H24N2O3. The number of benzene rings is 1. The van der Waals surface area contributed by atoms with Crippen molar-refractivity contribution < 1.29 is 14.3 Å². The van der Waals surface area contributed by atoms with Gasteiger partial charge in [-0.05, 0) is 44.0 Å². The molecule has 0 bridgehead atoms. The van der Waals surface area contributed by atoms with Crippen LogP contribution < -0.4 is 20.1 Å². The fourth-order valence-corrected chi connectivity index (χ4v) is 2.67. The van der Waals surface area contributed by atoms with Gasteiger partial charge in [-0.1, -0.05) is 6.07 Å². The zero-order valence-corrected chi connectivity index (χ0v) is 12.9. The van der Waals surface area contributed by atoms with Crippen molar-refractivity contribution in [2.45, 2.75) is 38.3 Å². The molecule has 21 heavy (non-hydrogen) atoms. The molecule has 5 heteroatoms. The summed E-state index contributed by atoms with van der Waals surface area (Å²) in [6.45, 7) is 3.14. The second kappa shape index (κ2) is 7.31. The third-order valence-corrected chi connectivity index (χ3v) is 3.92. The maximum Gasteiger partial charge on any atom is 0.224 e. The Morgan fingerprint density at radius 1 is 1.33 bits per heavy atom. The standard InChI is InChI=1S/C16H24N2O3/c1-11-13(5-4-8-17-11)18-16(19)10-12-6-7-14(20-2)15(9-12)21-3/h6-7,9,11,13,17H,4-5,8,10H2,1-3H3,(H,18,19). The minimum absolute atomic E-state index is 0.0442. The largest absolute Gasteiger partial charge is 0.493 e. The molecule has 116 valence electrons. The lowest BCUT2D eigenvalue weighted by Crippen LogP contribution is -2.52. The smallest absolute Gasteiger partial charge is 0.224 e. The van der Waals surface area contributed by atoms with Gasteiger partial charge in [0.25, 0.3) is 0 Å². The second-order valence-electron chi connectivity index (χ2n) is 5.43. The summed E-state index contributed by atoms with van der Waals surface area (Å²) in [5.41, 5.74) is 0.918. The van der Waals surface area contributed by atoms with Crippen LogP contribution in [-0.4, -0.2) is 38.8 Å². The van der Waals surface area contributed by atoms with Crippen LogP contribution in [0.2, 0.25) is 0 Å². The average Bonchev–Trinajstić information content (AvgIpc) is 2.49. The third-order valence-electron chi connectivity index (χ3n) is 3.92. The number of hydrogen-bond acceptors (Lipinski definition) is 4. The third kappa shape index (κ3) is 4.11. The number of nitrogens with one attached hydrogen (secondary N) is 2. The van der Waals surface area contributed by atoms with E-state index in [0.717, 1.165) is 24.9 Å². The Bertz CT molecular complexity index is 490. The van der Waals surface area contributed by atoms with E-state index in [4.69, 9.17) is 9.47 Å². The van der Waals surface area contributed by atoms with Crippen LogP contribution in [0.1, 0.15) is 25.3 Å². The van der Waals surface area contributed by atoms with Crippen LogP contribution in [0.25, 0.3) is 0 Å². The van der Waals surface area contributed by atoms with Gasteiger partial charge in [-0.25, -0.2) is 0 Å². The first-order chi connectivity index (χ1) is 10.1. The van der Waals surface area contributed by atoms with Gasteiger partial charge in [0.2, 0.25) is 5.91 Å². The van der Waals surface area contributed by atoms with Crippen molar-refractivity contribution in [1.29, 1.82) is 0 Å². The highest BCUT2D eigenvalue weighted by Crippen LogP contribution is 2.27. The molecule has 1 aromatic rings. The number of hydrogen-bond donors (Lipinski definition) is 2. The molecule has 1 aliphatic heterocycles. The number of ether oxygens (including phenoxy) is 2. The van der Waals surface area contributed by atoms with E-state index in [-0.39, 0.29) is 11.9 Å². The molecule has 2 unspecified atom stereocenters. The molecule has 1 aliphatic rings. The van der Waals surface area contributed by atoms with E-state index in [0.29, 0.717) is 24.0 Å². The van der Waals surface area contributed by atoms with Crippen LogP contribution in [0, 0.1) is 0 Å². The molecule has 2 rings (SSSR count). The monoisotopic (exact) mass is 292 g/mol.